The van der Waals surface area contributed by atoms with Crippen molar-refractivity contribution < 1.29 is 9.18 Å². The van der Waals surface area contributed by atoms with Crippen LogP contribution in [0.1, 0.15) is 39.5 Å². The summed E-state index contributed by atoms with van der Waals surface area (Å²) in [5, 5.41) is 0. The molecule has 108 valence electrons. The van der Waals surface area contributed by atoms with E-state index >= 15 is 0 Å². The van der Waals surface area contributed by atoms with E-state index in [2.05, 4.69) is 12.1 Å². The Balaban J connectivity index is 1.91. The predicted octanol–water partition coefficient (Wildman–Crippen LogP) is 3.89. The molecule has 0 saturated heterocycles. The highest BCUT2D eigenvalue weighted by Gasteiger charge is 2.29. The third-order valence-corrected chi connectivity index (χ3v) is 4.24. The Morgan fingerprint density at radius 3 is 2.81 bits per heavy atom. The maximum Gasteiger partial charge on any atom is 0.257 e. The van der Waals surface area contributed by atoms with E-state index in [-0.39, 0.29) is 17.5 Å². The van der Waals surface area contributed by atoms with Gasteiger partial charge in [0, 0.05) is 7.05 Å². The van der Waals surface area contributed by atoms with Gasteiger partial charge in [0.2, 0.25) is 0 Å². The van der Waals surface area contributed by atoms with Crippen molar-refractivity contribution in [3.63, 3.8) is 0 Å². The number of carbonyl (C=O) groups is 1. The molecule has 1 unspecified atom stereocenters. The van der Waals surface area contributed by atoms with Crippen molar-refractivity contribution in [3.05, 3.63) is 70.5 Å². The maximum absolute atomic E-state index is 13.9. The second-order valence-corrected chi connectivity index (χ2v) is 5.65. The molecule has 1 aliphatic rings. The number of aryl methyl sites for hydroxylation is 2. The van der Waals surface area contributed by atoms with Gasteiger partial charge in [-0.1, -0.05) is 35.9 Å². The molecule has 0 N–H and O–H groups in total. The molecular weight excluding hydrogens is 265 g/mol. The van der Waals surface area contributed by atoms with E-state index in [1.54, 1.807) is 24.1 Å². The highest BCUT2D eigenvalue weighted by molar-refractivity contribution is 5.94. The normalized spacial score (nSPS) is 16.6. The van der Waals surface area contributed by atoms with Gasteiger partial charge in [-0.15, -0.1) is 0 Å². The molecule has 1 atom stereocenters. The summed E-state index contributed by atoms with van der Waals surface area (Å²) in [4.78, 5) is 14.3. The van der Waals surface area contributed by atoms with E-state index in [4.69, 9.17) is 0 Å². The zero-order valence-corrected chi connectivity index (χ0v) is 12.3. The number of benzene rings is 2. The van der Waals surface area contributed by atoms with Crippen LogP contribution in [0.2, 0.25) is 0 Å². The molecule has 0 saturated carbocycles. The fraction of sp³-hybridized carbons (Fsp3) is 0.278. The molecule has 2 aromatic rings. The van der Waals surface area contributed by atoms with Crippen LogP contribution in [0.4, 0.5) is 4.39 Å². The number of amides is 1. The lowest BCUT2D eigenvalue weighted by molar-refractivity contribution is 0.0725. The number of halogens is 1. The molecule has 0 spiro atoms. The van der Waals surface area contributed by atoms with Crippen LogP contribution in [0.15, 0.2) is 42.5 Å². The first-order valence-corrected chi connectivity index (χ1v) is 7.19. The fourth-order valence-electron chi connectivity index (χ4n) is 3.07. The molecule has 2 nitrogen and oxygen atoms in total. The second-order valence-electron chi connectivity index (χ2n) is 5.65. The Hall–Kier alpha value is -2.16. The number of nitrogens with zero attached hydrogens (tertiary/aromatic N) is 1. The number of fused-ring (bicyclic) bond motifs is 1. The summed E-state index contributed by atoms with van der Waals surface area (Å²) < 4.78 is 13.9. The summed E-state index contributed by atoms with van der Waals surface area (Å²) in [6.07, 6.45) is 1.86. The van der Waals surface area contributed by atoms with E-state index < -0.39 is 5.82 Å². The Bertz CT molecular complexity index is 695. The smallest absolute Gasteiger partial charge is 0.257 e. The van der Waals surface area contributed by atoms with Gasteiger partial charge in [-0.2, -0.15) is 0 Å². The third kappa shape index (κ3) is 2.44. The minimum Gasteiger partial charge on any atom is -0.335 e. The van der Waals surface area contributed by atoms with E-state index in [0.717, 1.165) is 18.4 Å². The van der Waals surface area contributed by atoms with Gasteiger partial charge >= 0.3 is 0 Å². The molecule has 3 rings (SSSR count). The molecule has 0 heterocycles. The van der Waals surface area contributed by atoms with Gasteiger partial charge in [-0.3, -0.25) is 4.79 Å². The van der Waals surface area contributed by atoms with Crippen LogP contribution in [0.5, 0.6) is 0 Å². The van der Waals surface area contributed by atoms with Crippen molar-refractivity contribution in [3.8, 4) is 0 Å². The van der Waals surface area contributed by atoms with Crippen molar-refractivity contribution in [2.75, 3.05) is 7.05 Å². The Morgan fingerprint density at radius 1 is 1.24 bits per heavy atom. The largest absolute Gasteiger partial charge is 0.335 e. The second kappa shape index (κ2) is 5.32. The lowest BCUT2D eigenvalue weighted by Gasteiger charge is -2.26. The first kappa shape index (κ1) is 13.8. The summed E-state index contributed by atoms with van der Waals surface area (Å²) >= 11 is 0. The number of hydrogen-bond acceptors (Lipinski definition) is 1. The predicted molar refractivity (Wildman–Crippen MR) is 80.7 cm³/mol. The SMILES string of the molecule is Cc1ccc(F)c(C(=O)N(C)C2CCc3ccccc32)c1. The van der Waals surface area contributed by atoms with Gasteiger partial charge in [0.1, 0.15) is 5.82 Å². The average Bonchev–Trinajstić information content (AvgIpc) is 2.92. The maximum atomic E-state index is 13.9. The monoisotopic (exact) mass is 283 g/mol. The molecule has 2 aromatic carbocycles. The van der Waals surface area contributed by atoms with Gasteiger partial charge in [0.25, 0.3) is 5.91 Å². The number of carbonyl (C=O) groups excluding carboxylic acids is 1. The van der Waals surface area contributed by atoms with E-state index in [1.807, 2.05) is 19.1 Å². The highest BCUT2D eigenvalue weighted by Crippen LogP contribution is 2.35. The number of rotatable bonds is 2. The zero-order valence-electron chi connectivity index (χ0n) is 12.3. The first-order chi connectivity index (χ1) is 10.1. The van der Waals surface area contributed by atoms with Crippen molar-refractivity contribution >= 4 is 5.91 Å². The standard InChI is InChI=1S/C18H18FNO/c1-12-7-9-16(19)15(11-12)18(21)20(2)17-10-8-13-5-3-4-6-14(13)17/h3-7,9,11,17H,8,10H2,1-2H3. The van der Waals surface area contributed by atoms with Crippen LogP contribution >= 0.6 is 0 Å². The van der Waals surface area contributed by atoms with Gasteiger partial charge in [-0.25, -0.2) is 4.39 Å². The lowest BCUT2D eigenvalue weighted by atomic mass is 10.1. The minimum atomic E-state index is -0.455. The lowest BCUT2D eigenvalue weighted by Crippen LogP contribution is -2.30. The van der Waals surface area contributed by atoms with E-state index in [1.165, 1.54) is 17.2 Å². The third-order valence-electron chi connectivity index (χ3n) is 4.24. The fourth-order valence-corrected chi connectivity index (χ4v) is 3.07. The summed E-state index contributed by atoms with van der Waals surface area (Å²) in [6, 6.07) is 12.9. The van der Waals surface area contributed by atoms with Crippen molar-refractivity contribution in [1.82, 2.24) is 4.90 Å². The molecule has 0 radical (unpaired) electrons. The first-order valence-electron chi connectivity index (χ1n) is 7.19. The minimum absolute atomic E-state index is 0.0358. The number of hydrogen-bond donors (Lipinski definition) is 0. The molecule has 0 aliphatic heterocycles. The van der Waals surface area contributed by atoms with Crippen LogP contribution in [-0.2, 0) is 6.42 Å². The molecule has 21 heavy (non-hydrogen) atoms. The van der Waals surface area contributed by atoms with Crippen molar-refractivity contribution in [1.29, 1.82) is 0 Å². The van der Waals surface area contributed by atoms with Crippen LogP contribution in [0, 0.1) is 12.7 Å². The summed E-state index contributed by atoms with van der Waals surface area (Å²) in [5.41, 5.74) is 3.51. The average molecular weight is 283 g/mol. The topological polar surface area (TPSA) is 20.3 Å². The van der Waals surface area contributed by atoms with Crippen LogP contribution in [0.25, 0.3) is 0 Å². The summed E-state index contributed by atoms with van der Waals surface area (Å²) in [5.74, 6) is -0.707. The molecule has 3 heteroatoms. The zero-order chi connectivity index (χ0) is 15.0. The van der Waals surface area contributed by atoms with Gasteiger partial charge in [-0.05, 0) is 43.0 Å². The Kier molecular flexibility index (Phi) is 3.50. The van der Waals surface area contributed by atoms with E-state index in [0.29, 0.717) is 0 Å². The summed E-state index contributed by atoms with van der Waals surface area (Å²) in [6.45, 7) is 1.86. The molecule has 1 aliphatic carbocycles. The highest BCUT2D eigenvalue weighted by atomic mass is 19.1. The van der Waals surface area contributed by atoms with Gasteiger partial charge in [0.05, 0.1) is 11.6 Å². The van der Waals surface area contributed by atoms with Gasteiger partial charge < -0.3 is 4.90 Å². The van der Waals surface area contributed by atoms with Crippen LogP contribution in [-0.4, -0.2) is 17.9 Å². The van der Waals surface area contributed by atoms with Crippen molar-refractivity contribution in [2.24, 2.45) is 0 Å². The van der Waals surface area contributed by atoms with E-state index in [9.17, 15) is 9.18 Å². The quantitative estimate of drug-likeness (QED) is 0.818. The molecular formula is C18H18FNO. The van der Waals surface area contributed by atoms with Gasteiger partial charge in [0.15, 0.2) is 0 Å². The molecule has 0 fully saturated rings. The Labute approximate surface area is 124 Å². The summed E-state index contributed by atoms with van der Waals surface area (Å²) in [7, 11) is 1.76. The van der Waals surface area contributed by atoms with Crippen molar-refractivity contribution in [2.45, 2.75) is 25.8 Å². The molecule has 1 amide bonds. The molecule has 0 bridgehead atoms. The van der Waals surface area contributed by atoms with Crippen LogP contribution < -0.4 is 0 Å². The Morgan fingerprint density at radius 2 is 2.00 bits per heavy atom. The van der Waals surface area contributed by atoms with Crippen LogP contribution in [0.3, 0.4) is 0 Å². The molecule has 0 aromatic heterocycles.